The number of carboxylic acid groups (broad SMARTS) is 1. The van der Waals surface area contributed by atoms with Crippen molar-refractivity contribution in [2.75, 3.05) is 0 Å². The van der Waals surface area contributed by atoms with Crippen LogP contribution in [-0.2, 0) is 11.3 Å². The first-order valence-electron chi connectivity index (χ1n) is 8.26. The van der Waals surface area contributed by atoms with Gasteiger partial charge in [0.15, 0.2) is 5.43 Å². The summed E-state index contributed by atoms with van der Waals surface area (Å²) in [5, 5.41) is 12.0. The Kier molecular flexibility index (Phi) is 4.85. The zero-order chi connectivity index (χ0) is 17.1. The number of pyridine rings is 1. The van der Waals surface area contributed by atoms with Crippen LogP contribution in [0.3, 0.4) is 0 Å². The van der Waals surface area contributed by atoms with Crippen LogP contribution in [0.5, 0.6) is 0 Å². The Morgan fingerprint density at radius 3 is 2.71 bits per heavy atom. The van der Waals surface area contributed by atoms with Gasteiger partial charge in [-0.3, -0.25) is 4.79 Å². The highest BCUT2D eigenvalue weighted by molar-refractivity contribution is 5.79. The zero-order valence-electron chi connectivity index (χ0n) is 13.7. The molecule has 3 rings (SSSR count). The minimum absolute atomic E-state index is 0.0181. The second-order valence-corrected chi connectivity index (χ2v) is 6.34. The Morgan fingerprint density at radius 1 is 1.29 bits per heavy atom. The number of para-hydroxylation sites is 1. The SMILES string of the molecule is Cc1c(CO[C@H]2CC[C@H](NC(=O)O)CC2)[nH]c2ccccc2c1=O. The lowest BCUT2D eigenvalue weighted by Gasteiger charge is -2.28. The number of aromatic nitrogens is 1. The molecule has 0 bridgehead atoms. The molecular weight excluding hydrogens is 308 g/mol. The van der Waals surface area contributed by atoms with Gasteiger partial charge in [-0.1, -0.05) is 12.1 Å². The van der Waals surface area contributed by atoms with E-state index in [1.54, 1.807) is 0 Å². The molecule has 0 radical (unpaired) electrons. The molecule has 2 aromatic rings. The number of rotatable bonds is 4. The van der Waals surface area contributed by atoms with Crippen molar-refractivity contribution in [2.45, 2.75) is 51.4 Å². The van der Waals surface area contributed by atoms with E-state index in [1.807, 2.05) is 31.2 Å². The van der Waals surface area contributed by atoms with Gasteiger partial charge >= 0.3 is 6.09 Å². The van der Waals surface area contributed by atoms with Gasteiger partial charge in [-0.05, 0) is 44.7 Å². The summed E-state index contributed by atoms with van der Waals surface area (Å²) in [7, 11) is 0. The standard InChI is InChI=1S/C18H22N2O4/c1-11-16(20-15-5-3-2-4-14(15)17(11)21)10-24-13-8-6-12(7-9-13)19-18(22)23/h2-5,12-13,19H,6-10H2,1H3,(H,20,21)(H,22,23)/t12-,13-. The Morgan fingerprint density at radius 2 is 2.00 bits per heavy atom. The normalized spacial score (nSPS) is 20.9. The number of benzene rings is 1. The number of hydrogen-bond donors (Lipinski definition) is 3. The minimum Gasteiger partial charge on any atom is -0.465 e. The number of hydrogen-bond acceptors (Lipinski definition) is 3. The van der Waals surface area contributed by atoms with E-state index in [2.05, 4.69) is 10.3 Å². The number of amides is 1. The molecule has 1 fully saturated rings. The summed E-state index contributed by atoms with van der Waals surface area (Å²) < 4.78 is 5.96. The highest BCUT2D eigenvalue weighted by atomic mass is 16.5. The molecule has 0 aliphatic heterocycles. The Labute approximate surface area is 139 Å². The highest BCUT2D eigenvalue weighted by Crippen LogP contribution is 2.22. The van der Waals surface area contributed by atoms with Crippen LogP contribution in [0.15, 0.2) is 29.1 Å². The molecule has 0 unspecified atom stereocenters. The fraction of sp³-hybridized carbons (Fsp3) is 0.444. The molecule has 6 heteroatoms. The number of fused-ring (bicyclic) bond motifs is 1. The van der Waals surface area contributed by atoms with E-state index >= 15 is 0 Å². The van der Waals surface area contributed by atoms with Crippen LogP contribution >= 0.6 is 0 Å². The Hall–Kier alpha value is -2.34. The topological polar surface area (TPSA) is 91.4 Å². The second kappa shape index (κ2) is 7.05. The Balaban J connectivity index is 1.63. The van der Waals surface area contributed by atoms with Crippen molar-refractivity contribution in [1.29, 1.82) is 0 Å². The molecule has 0 atom stereocenters. The van der Waals surface area contributed by atoms with Crippen LogP contribution in [0.1, 0.15) is 36.9 Å². The highest BCUT2D eigenvalue weighted by Gasteiger charge is 2.23. The van der Waals surface area contributed by atoms with Gasteiger partial charge in [0.1, 0.15) is 0 Å². The summed E-state index contributed by atoms with van der Waals surface area (Å²) >= 11 is 0. The predicted octanol–water partition coefficient (Wildman–Crippen LogP) is 2.93. The molecule has 1 aliphatic carbocycles. The molecule has 128 valence electrons. The number of carbonyl (C=O) groups is 1. The molecule has 1 amide bonds. The predicted molar refractivity (Wildman–Crippen MR) is 91.3 cm³/mol. The van der Waals surface area contributed by atoms with Gasteiger partial charge in [-0.15, -0.1) is 0 Å². The smallest absolute Gasteiger partial charge is 0.404 e. The number of H-pyrrole nitrogens is 1. The molecule has 1 heterocycles. The van der Waals surface area contributed by atoms with Crippen molar-refractivity contribution < 1.29 is 14.6 Å². The lowest BCUT2D eigenvalue weighted by molar-refractivity contribution is 0.00986. The first-order valence-corrected chi connectivity index (χ1v) is 8.26. The van der Waals surface area contributed by atoms with Crippen molar-refractivity contribution >= 4 is 17.0 Å². The Bertz CT molecular complexity index is 791. The van der Waals surface area contributed by atoms with Crippen molar-refractivity contribution in [3.63, 3.8) is 0 Å². The van der Waals surface area contributed by atoms with Crippen LogP contribution in [0, 0.1) is 6.92 Å². The van der Waals surface area contributed by atoms with Gasteiger partial charge in [-0.2, -0.15) is 0 Å². The van der Waals surface area contributed by atoms with Crippen LogP contribution in [0.25, 0.3) is 10.9 Å². The van der Waals surface area contributed by atoms with Crippen LogP contribution in [0.2, 0.25) is 0 Å². The average Bonchev–Trinajstić information content (AvgIpc) is 2.58. The summed E-state index contributed by atoms with van der Waals surface area (Å²) in [6, 6.07) is 7.49. The fourth-order valence-corrected chi connectivity index (χ4v) is 3.28. The van der Waals surface area contributed by atoms with Crippen molar-refractivity contribution in [1.82, 2.24) is 10.3 Å². The third-order valence-corrected chi connectivity index (χ3v) is 4.72. The molecule has 6 nitrogen and oxygen atoms in total. The molecule has 1 aromatic heterocycles. The van der Waals surface area contributed by atoms with Crippen molar-refractivity contribution in [2.24, 2.45) is 0 Å². The monoisotopic (exact) mass is 330 g/mol. The van der Waals surface area contributed by atoms with E-state index in [1.165, 1.54) is 0 Å². The molecule has 0 saturated heterocycles. The lowest BCUT2D eigenvalue weighted by atomic mass is 9.93. The van der Waals surface area contributed by atoms with Crippen molar-refractivity contribution in [3.8, 4) is 0 Å². The second-order valence-electron chi connectivity index (χ2n) is 6.34. The first kappa shape index (κ1) is 16.5. The summed E-state index contributed by atoms with van der Waals surface area (Å²) in [5.74, 6) is 0. The van der Waals surface area contributed by atoms with E-state index in [0.29, 0.717) is 17.6 Å². The quantitative estimate of drug-likeness (QED) is 0.804. The molecule has 1 aliphatic rings. The van der Waals surface area contributed by atoms with Gasteiger partial charge in [0.2, 0.25) is 0 Å². The number of aromatic amines is 1. The van der Waals surface area contributed by atoms with Gasteiger partial charge in [0, 0.05) is 28.2 Å². The molecule has 24 heavy (non-hydrogen) atoms. The third-order valence-electron chi connectivity index (χ3n) is 4.72. The molecule has 0 spiro atoms. The summed E-state index contributed by atoms with van der Waals surface area (Å²) in [5.41, 5.74) is 2.36. The van der Waals surface area contributed by atoms with Gasteiger partial charge in [-0.25, -0.2) is 4.79 Å². The van der Waals surface area contributed by atoms with Gasteiger partial charge in [0.25, 0.3) is 0 Å². The minimum atomic E-state index is -0.969. The summed E-state index contributed by atoms with van der Waals surface area (Å²) in [6.07, 6.45) is 2.34. The van der Waals surface area contributed by atoms with Crippen LogP contribution < -0.4 is 10.7 Å². The van der Waals surface area contributed by atoms with E-state index in [4.69, 9.17) is 9.84 Å². The zero-order valence-corrected chi connectivity index (χ0v) is 13.7. The average molecular weight is 330 g/mol. The number of nitrogens with one attached hydrogen (secondary N) is 2. The maximum absolute atomic E-state index is 12.4. The molecule has 3 N–H and O–H groups in total. The van der Waals surface area contributed by atoms with E-state index < -0.39 is 6.09 Å². The maximum atomic E-state index is 12.4. The van der Waals surface area contributed by atoms with Crippen LogP contribution in [-0.4, -0.2) is 28.3 Å². The summed E-state index contributed by atoms with van der Waals surface area (Å²) in [6.45, 7) is 2.19. The van der Waals surface area contributed by atoms with E-state index in [0.717, 1.165) is 36.9 Å². The fourth-order valence-electron chi connectivity index (χ4n) is 3.28. The van der Waals surface area contributed by atoms with Gasteiger partial charge < -0.3 is 20.1 Å². The molecule has 1 aromatic carbocycles. The van der Waals surface area contributed by atoms with Gasteiger partial charge in [0.05, 0.1) is 12.7 Å². The van der Waals surface area contributed by atoms with E-state index in [9.17, 15) is 9.59 Å². The summed E-state index contributed by atoms with van der Waals surface area (Å²) in [4.78, 5) is 26.4. The number of ether oxygens (including phenoxy) is 1. The third kappa shape index (κ3) is 3.59. The molecule has 1 saturated carbocycles. The van der Waals surface area contributed by atoms with E-state index in [-0.39, 0.29) is 17.6 Å². The first-order chi connectivity index (χ1) is 11.5. The largest absolute Gasteiger partial charge is 0.465 e. The van der Waals surface area contributed by atoms with Crippen molar-refractivity contribution in [3.05, 3.63) is 45.7 Å². The molecular formula is C18H22N2O4. The van der Waals surface area contributed by atoms with Crippen LogP contribution in [0.4, 0.5) is 4.79 Å². The maximum Gasteiger partial charge on any atom is 0.404 e. The lowest BCUT2D eigenvalue weighted by Crippen LogP contribution is -2.38.